The molecular weight excluding hydrogens is 220 g/mol. The van der Waals surface area contributed by atoms with Gasteiger partial charge >= 0.3 is 0 Å². The first-order valence-corrected chi connectivity index (χ1v) is 5.76. The van der Waals surface area contributed by atoms with E-state index in [4.69, 9.17) is 11.0 Å². The maximum Gasteiger partial charge on any atom is 0.122 e. The minimum absolute atomic E-state index is 0.535. The normalized spacial score (nSPS) is 10.3. The average molecular weight is 232 g/mol. The van der Waals surface area contributed by atoms with Crippen LogP contribution in [0.25, 0.3) is 0 Å². The number of hydrogen-bond donors (Lipinski definition) is 1. The lowest BCUT2D eigenvalue weighted by Gasteiger charge is -2.06. The van der Waals surface area contributed by atoms with Gasteiger partial charge in [-0.1, -0.05) is 0 Å². The van der Waals surface area contributed by atoms with Crippen LogP contribution >= 0.6 is 11.3 Å². The van der Waals surface area contributed by atoms with Crippen LogP contribution in [0.2, 0.25) is 0 Å². The van der Waals surface area contributed by atoms with Gasteiger partial charge < -0.3 is 10.3 Å². The van der Waals surface area contributed by atoms with Crippen LogP contribution in [0, 0.1) is 25.2 Å². The van der Waals surface area contributed by atoms with E-state index in [0.717, 1.165) is 16.3 Å². The van der Waals surface area contributed by atoms with Gasteiger partial charge in [-0.05, 0) is 19.4 Å². The van der Waals surface area contributed by atoms with Gasteiger partial charge in [-0.15, -0.1) is 11.3 Å². The first-order valence-electron chi connectivity index (χ1n) is 4.88. The van der Waals surface area contributed by atoms with E-state index in [2.05, 4.69) is 11.1 Å². The summed E-state index contributed by atoms with van der Waals surface area (Å²) in [7, 11) is 0. The molecule has 0 bridgehead atoms. The molecule has 0 aliphatic carbocycles. The standard InChI is InChI=1S/C11H12N4S/c1-7-8(2)15(11(13)9(7)5-12)6-10-14-3-4-16-10/h3-4H,6,13H2,1-2H3. The molecule has 0 atom stereocenters. The quantitative estimate of drug-likeness (QED) is 0.861. The molecule has 0 radical (unpaired) electrons. The molecule has 0 amide bonds. The molecule has 0 saturated heterocycles. The van der Waals surface area contributed by atoms with Gasteiger partial charge in [-0.25, -0.2) is 4.98 Å². The fourth-order valence-electron chi connectivity index (χ4n) is 1.70. The Balaban J connectivity index is 2.46. The predicted molar refractivity (Wildman–Crippen MR) is 64.2 cm³/mol. The van der Waals surface area contributed by atoms with E-state index in [1.165, 1.54) is 0 Å². The number of nitriles is 1. The van der Waals surface area contributed by atoms with Gasteiger partial charge in [0.25, 0.3) is 0 Å². The number of thiazole rings is 1. The van der Waals surface area contributed by atoms with E-state index in [1.807, 2.05) is 23.8 Å². The van der Waals surface area contributed by atoms with Crippen LogP contribution in [-0.4, -0.2) is 9.55 Å². The third kappa shape index (κ3) is 1.57. The van der Waals surface area contributed by atoms with Crippen molar-refractivity contribution in [3.05, 3.63) is 33.4 Å². The monoisotopic (exact) mass is 232 g/mol. The maximum atomic E-state index is 9.01. The number of aromatic nitrogens is 2. The summed E-state index contributed by atoms with van der Waals surface area (Å²) in [4.78, 5) is 4.22. The molecule has 16 heavy (non-hydrogen) atoms. The van der Waals surface area contributed by atoms with Crippen LogP contribution < -0.4 is 5.73 Å². The molecule has 0 unspecified atom stereocenters. The molecule has 0 aromatic carbocycles. The van der Waals surface area contributed by atoms with Gasteiger partial charge in [0.05, 0.1) is 12.1 Å². The molecule has 0 fully saturated rings. The molecule has 2 aromatic heterocycles. The van der Waals surface area contributed by atoms with E-state index in [-0.39, 0.29) is 0 Å². The van der Waals surface area contributed by atoms with Gasteiger partial charge in [0.2, 0.25) is 0 Å². The van der Waals surface area contributed by atoms with E-state index in [9.17, 15) is 0 Å². The van der Waals surface area contributed by atoms with Crippen molar-refractivity contribution in [1.82, 2.24) is 9.55 Å². The van der Waals surface area contributed by atoms with Gasteiger partial charge in [-0.2, -0.15) is 5.26 Å². The molecular formula is C11H12N4S. The van der Waals surface area contributed by atoms with Crippen molar-refractivity contribution in [2.45, 2.75) is 20.4 Å². The second kappa shape index (κ2) is 3.99. The van der Waals surface area contributed by atoms with Crippen molar-refractivity contribution in [3.63, 3.8) is 0 Å². The number of nitrogen functional groups attached to an aromatic ring is 1. The minimum atomic E-state index is 0.535. The number of hydrogen-bond acceptors (Lipinski definition) is 4. The first kappa shape index (κ1) is 10.7. The summed E-state index contributed by atoms with van der Waals surface area (Å²) >= 11 is 1.59. The minimum Gasteiger partial charge on any atom is -0.384 e. The second-order valence-corrected chi connectivity index (χ2v) is 4.57. The molecule has 2 N–H and O–H groups in total. The largest absolute Gasteiger partial charge is 0.384 e. The summed E-state index contributed by atoms with van der Waals surface area (Å²) in [6, 6.07) is 2.14. The lowest BCUT2D eigenvalue weighted by molar-refractivity contribution is 0.777. The number of rotatable bonds is 2. The first-order chi connectivity index (χ1) is 7.65. The Labute approximate surface area is 98.0 Å². The highest BCUT2D eigenvalue weighted by atomic mass is 32.1. The lowest BCUT2D eigenvalue weighted by atomic mass is 10.2. The topological polar surface area (TPSA) is 67.6 Å². The summed E-state index contributed by atoms with van der Waals surface area (Å²) in [6.45, 7) is 4.53. The Morgan fingerprint density at radius 2 is 2.31 bits per heavy atom. The zero-order valence-corrected chi connectivity index (χ0v) is 10.0. The van der Waals surface area contributed by atoms with Crippen molar-refractivity contribution < 1.29 is 0 Å². The SMILES string of the molecule is Cc1c(C#N)c(N)n(Cc2nccs2)c1C. The Morgan fingerprint density at radius 3 is 2.81 bits per heavy atom. The smallest absolute Gasteiger partial charge is 0.122 e. The van der Waals surface area contributed by atoms with Crippen LogP contribution in [0.1, 0.15) is 21.8 Å². The molecule has 82 valence electrons. The van der Waals surface area contributed by atoms with Crippen molar-refractivity contribution in [2.75, 3.05) is 5.73 Å². The fourth-order valence-corrected chi connectivity index (χ4v) is 2.31. The van der Waals surface area contributed by atoms with Gasteiger partial charge in [0, 0.05) is 17.3 Å². The third-order valence-electron chi connectivity index (χ3n) is 2.76. The van der Waals surface area contributed by atoms with Crippen molar-refractivity contribution in [3.8, 4) is 6.07 Å². The van der Waals surface area contributed by atoms with Crippen LogP contribution in [-0.2, 0) is 6.54 Å². The number of nitrogens with zero attached hydrogens (tertiary/aromatic N) is 3. The Hall–Kier alpha value is -1.80. The van der Waals surface area contributed by atoms with Crippen molar-refractivity contribution >= 4 is 17.2 Å². The summed E-state index contributed by atoms with van der Waals surface area (Å²) < 4.78 is 1.94. The zero-order valence-electron chi connectivity index (χ0n) is 9.19. The van der Waals surface area contributed by atoms with E-state index < -0.39 is 0 Å². The van der Waals surface area contributed by atoms with Crippen LogP contribution in [0.15, 0.2) is 11.6 Å². The summed E-state index contributed by atoms with van der Waals surface area (Å²) in [5.74, 6) is 0.535. The molecule has 0 aliphatic heterocycles. The van der Waals surface area contributed by atoms with Crippen LogP contribution in [0.3, 0.4) is 0 Å². The average Bonchev–Trinajstić information content (AvgIpc) is 2.83. The Kier molecular flexibility index (Phi) is 2.67. The van der Waals surface area contributed by atoms with Crippen LogP contribution in [0.5, 0.6) is 0 Å². The summed E-state index contributed by atoms with van der Waals surface area (Å²) in [5.41, 5.74) is 8.51. The second-order valence-electron chi connectivity index (χ2n) is 3.59. The number of anilines is 1. The molecule has 2 aromatic rings. The summed E-state index contributed by atoms with van der Waals surface area (Å²) in [6.07, 6.45) is 1.77. The van der Waals surface area contributed by atoms with E-state index in [0.29, 0.717) is 17.9 Å². The van der Waals surface area contributed by atoms with Crippen molar-refractivity contribution in [2.24, 2.45) is 0 Å². The Morgan fingerprint density at radius 1 is 1.56 bits per heavy atom. The molecule has 5 heteroatoms. The molecule has 0 spiro atoms. The zero-order chi connectivity index (χ0) is 11.7. The predicted octanol–water partition coefficient (Wildman–Crippen LogP) is 2.06. The highest BCUT2D eigenvalue weighted by Crippen LogP contribution is 2.24. The molecule has 0 aliphatic rings. The highest BCUT2D eigenvalue weighted by Gasteiger charge is 2.15. The summed E-state index contributed by atoms with van der Waals surface area (Å²) in [5, 5.41) is 11.9. The van der Waals surface area contributed by atoms with E-state index >= 15 is 0 Å². The molecule has 0 saturated carbocycles. The third-order valence-corrected chi connectivity index (χ3v) is 3.52. The van der Waals surface area contributed by atoms with Gasteiger partial charge in [-0.3, -0.25) is 0 Å². The maximum absolute atomic E-state index is 9.01. The van der Waals surface area contributed by atoms with Gasteiger partial charge in [0.1, 0.15) is 16.9 Å². The molecule has 2 heterocycles. The number of nitrogens with two attached hydrogens (primary N) is 1. The van der Waals surface area contributed by atoms with Gasteiger partial charge in [0.15, 0.2) is 0 Å². The molecule has 4 nitrogen and oxygen atoms in total. The van der Waals surface area contributed by atoms with E-state index in [1.54, 1.807) is 17.5 Å². The highest BCUT2D eigenvalue weighted by molar-refractivity contribution is 7.09. The van der Waals surface area contributed by atoms with Crippen molar-refractivity contribution in [1.29, 1.82) is 5.26 Å². The Bertz CT molecular complexity index is 546. The van der Waals surface area contributed by atoms with Crippen LogP contribution in [0.4, 0.5) is 5.82 Å². The fraction of sp³-hybridized carbons (Fsp3) is 0.273. The lowest BCUT2D eigenvalue weighted by Crippen LogP contribution is -2.06. The molecule has 2 rings (SSSR count).